The van der Waals surface area contributed by atoms with Crippen LogP contribution in [0, 0.1) is 0 Å². The molecule has 5 nitrogen and oxygen atoms in total. The summed E-state index contributed by atoms with van der Waals surface area (Å²) in [5.41, 5.74) is 8.13. The molecular formula is C14H16BrN3O2S. The van der Waals surface area contributed by atoms with Crippen molar-refractivity contribution in [3.63, 3.8) is 0 Å². The summed E-state index contributed by atoms with van der Waals surface area (Å²) in [6, 6.07) is 12.3. The van der Waals surface area contributed by atoms with E-state index in [2.05, 4.69) is 15.9 Å². The monoisotopic (exact) mass is 369 g/mol. The van der Waals surface area contributed by atoms with E-state index in [0.717, 1.165) is 10.0 Å². The Morgan fingerprint density at radius 2 is 1.86 bits per heavy atom. The SMILES string of the molecule is CN(Cc1ccccc1Br)c1cc(S(N)(=O)=O)ccc1N. The van der Waals surface area contributed by atoms with E-state index in [0.29, 0.717) is 17.9 Å². The van der Waals surface area contributed by atoms with E-state index in [9.17, 15) is 8.42 Å². The molecule has 7 heteroatoms. The summed E-state index contributed by atoms with van der Waals surface area (Å²) in [4.78, 5) is 1.93. The normalized spacial score (nSPS) is 11.4. The molecule has 0 saturated heterocycles. The molecule has 0 aliphatic carbocycles. The molecule has 2 aromatic rings. The van der Waals surface area contributed by atoms with Crippen LogP contribution in [0.2, 0.25) is 0 Å². The Morgan fingerprint density at radius 1 is 1.19 bits per heavy atom. The summed E-state index contributed by atoms with van der Waals surface area (Å²) in [5.74, 6) is 0. The molecule has 112 valence electrons. The molecule has 21 heavy (non-hydrogen) atoms. The Hall–Kier alpha value is -1.57. The van der Waals surface area contributed by atoms with Crippen LogP contribution in [-0.4, -0.2) is 15.5 Å². The van der Waals surface area contributed by atoms with E-state index in [1.54, 1.807) is 6.07 Å². The molecule has 0 radical (unpaired) electrons. The van der Waals surface area contributed by atoms with E-state index in [1.807, 2.05) is 36.2 Å². The van der Waals surface area contributed by atoms with E-state index in [-0.39, 0.29) is 4.90 Å². The maximum Gasteiger partial charge on any atom is 0.238 e. The van der Waals surface area contributed by atoms with Crippen LogP contribution >= 0.6 is 15.9 Å². The topological polar surface area (TPSA) is 89.4 Å². The standard InChI is InChI=1S/C14H16BrN3O2S/c1-18(9-10-4-2-3-5-12(10)15)14-8-11(21(17,19)20)6-7-13(14)16/h2-8H,9,16H2,1H3,(H2,17,19,20). The van der Waals surface area contributed by atoms with Gasteiger partial charge >= 0.3 is 0 Å². The first kappa shape index (κ1) is 15.8. The average Bonchev–Trinajstić information content (AvgIpc) is 2.40. The predicted octanol–water partition coefficient (Wildman–Crippen LogP) is 2.32. The highest BCUT2D eigenvalue weighted by atomic mass is 79.9. The van der Waals surface area contributed by atoms with Gasteiger partial charge in [0.2, 0.25) is 10.0 Å². The lowest BCUT2D eigenvalue weighted by molar-refractivity contribution is 0.598. The van der Waals surface area contributed by atoms with Crippen LogP contribution < -0.4 is 15.8 Å². The number of halogens is 1. The third-order valence-corrected chi connectivity index (χ3v) is 4.79. The molecule has 0 aliphatic heterocycles. The summed E-state index contributed by atoms with van der Waals surface area (Å²) in [5, 5.41) is 5.16. The van der Waals surface area contributed by atoms with E-state index >= 15 is 0 Å². The first-order valence-corrected chi connectivity index (χ1v) is 8.50. The van der Waals surface area contributed by atoms with Gasteiger partial charge in [-0.25, -0.2) is 13.6 Å². The maximum atomic E-state index is 11.4. The summed E-state index contributed by atoms with van der Waals surface area (Å²) in [6.45, 7) is 0.583. The van der Waals surface area contributed by atoms with Gasteiger partial charge in [-0.3, -0.25) is 0 Å². The van der Waals surface area contributed by atoms with Crippen molar-refractivity contribution in [1.29, 1.82) is 0 Å². The second-order valence-electron chi connectivity index (χ2n) is 4.71. The van der Waals surface area contributed by atoms with Crippen molar-refractivity contribution in [2.45, 2.75) is 11.4 Å². The first-order chi connectivity index (χ1) is 9.79. The fourth-order valence-corrected chi connectivity index (χ4v) is 2.94. The second kappa shape index (κ2) is 6.05. The molecule has 0 aromatic heterocycles. The fraction of sp³-hybridized carbons (Fsp3) is 0.143. The summed E-state index contributed by atoms with van der Waals surface area (Å²) >= 11 is 3.49. The average molecular weight is 370 g/mol. The third-order valence-electron chi connectivity index (χ3n) is 3.11. The minimum absolute atomic E-state index is 0.0469. The van der Waals surface area contributed by atoms with Gasteiger partial charge < -0.3 is 10.6 Å². The zero-order chi connectivity index (χ0) is 15.6. The highest BCUT2D eigenvalue weighted by Gasteiger charge is 2.13. The molecule has 2 aromatic carbocycles. The second-order valence-corrected chi connectivity index (χ2v) is 7.13. The molecule has 0 saturated carbocycles. The van der Waals surface area contributed by atoms with Crippen molar-refractivity contribution in [3.8, 4) is 0 Å². The molecule has 0 aliphatic rings. The third kappa shape index (κ3) is 3.75. The molecule has 0 atom stereocenters. The largest absolute Gasteiger partial charge is 0.397 e. The van der Waals surface area contributed by atoms with Crippen molar-refractivity contribution in [3.05, 3.63) is 52.5 Å². The number of rotatable bonds is 4. The Morgan fingerprint density at radius 3 is 2.48 bits per heavy atom. The number of anilines is 2. The predicted molar refractivity (Wildman–Crippen MR) is 88.5 cm³/mol. The quantitative estimate of drug-likeness (QED) is 0.809. The van der Waals surface area contributed by atoms with E-state index in [1.165, 1.54) is 12.1 Å². The Kier molecular flexibility index (Phi) is 4.55. The summed E-state index contributed by atoms with van der Waals surface area (Å²) < 4.78 is 23.9. The highest BCUT2D eigenvalue weighted by molar-refractivity contribution is 9.10. The zero-order valence-electron chi connectivity index (χ0n) is 11.5. The van der Waals surface area contributed by atoms with Crippen LogP contribution in [0.15, 0.2) is 51.8 Å². The Labute approximate surface area is 132 Å². The van der Waals surface area contributed by atoms with E-state index < -0.39 is 10.0 Å². The van der Waals surface area contributed by atoms with Crippen molar-refractivity contribution < 1.29 is 8.42 Å². The maximum absolute atomic E-state index is 11.4. The van der Waals surface area contributed by atoms with Gasteiger partial charge in [0, 0.05) is 18.1 Å². The number of nitrogens with zero attached hydrogens (tertiary/aromatic N) is 1. The summed E-state index contributed by atoms with van der Waals surface area (Å²) in [6.07, 6.45) is 0. The van der Waals surface area contributed by atoms with Gasteiger partial charge in [-0.2, -0.15) is 0 Å². The van der Waals surface area contributed by atoms with Crippen molar-refractivity contribution in [2.75, 3.05) is 17.7 Å². The van der Waals surface area contributed by atoms with Gasteiger partial charge in [-0.15, -0.1) is 0 Å². The molecule has 0 bridgehead atoms. The molecule has 0 amide bonds. The number of sulfonamides is 1. The van der Waals surface area contributed by atoms with Gasteiger partial charge in [0.1, 0.15) is 0 Å². The fourth-order valence-electron chi connectivity index (χ4n) is 2.00. The van der Waals surface area contributed by atoms with Gasteiger partial charge in [0.15, 0.2) is 0 Å². The van der Waals surface area contributed by atoms with E-state index in [4.69, 9.17) is 10.9 Å². The minimum Gasteiger partial charge on any atom is -0.397 e. The lowest BCUT2D eigenvalue weighted by atomic mass is 10.2. The van der Waals surface area contributed by atoms with Crippen molar-refractivity contribution >= 4 is 37.3 Å². The highest BCUT2D eigenvalue weighted by Crippen LogP contribution is 2.28. The molecule has 0 spiro atoms. The first-order valence-electron chi connectivity index (χ1n) is 6.16. The number of nitrogen functional groups attached to an aromatic ring is 1. The molecular weight excluding hydrogens is 354 g/mol. The minimum atomic E-state index is -3.75. The molecule has 4 N–H and O–H groups in total. The van der Waals surface area contributed by atoms with Gasteiger partial charge in [0.25, 0.3) is 0 Å². The van der Waals surface area contributed by atoms with Gasteiger partial charge in [0.05, 0.1) is 16.3 Å². The van der Waals surface area contributed by atoms with Crippen molar-refractivity contribution in [2.24, 2.45) is 5.14 Å². The van der Waals surface area contributed by atoms with Crippen LogP contribution in [0.5, 0.6) is 0 Å². The molecule has 0 unspecified atom stereocenters. The smallest absolute Gasteiger partial charge is 0.238 e. The number of hydrogen-bond acceptors (Lipinski definition) is 4. The van der Waals surface area contributed by atoms with Crippen LogP contribution in [0.1, 0.15) is 5.56 Å². The molecule has 0 fully saturated rings. The summed E-state index contributed by atoms with van der Waals surface area (Å²) in [7, 11) is -1.90. The van der Waals surface area contributed by atoms with Crippen LogP contribution in [0.25, 0.3) is 0 Å². The van der Waals surface area contributed by atoms with Gasteiger partial charge in [-0.05, 0) is 29.8 Å². The van der Waals surface area contributed by atoms with Crippen LogP contribution in [0.3, 0.4) is 0 Å². The number of primary sulfonamides is 1. The molecule has 2 rings (SSSR count). The zero-order valence-corrected chi connectivity index (χ0v) is 13.9. The Bertz CT molecular complexity index is 763. The van der Waals surface area contributed by atoms with Crippen molar-refractivity contribution in [1.82, 2.24) is 0 Å². The number of hydrogen-bond donors (Lipinski definition) is 2. The van der Waals surface area contributed by atoms with Crippen LogP contribution in [-0.2, 0) is 16.6 Å². The number of nitrogens with two attached hydrogens (primary N) is 2. The lowest BCUT2D eigenvalue weighted by Gasteiger charge is -2.22. The molecule has 0 heterocycles. The Balaban J connectivity index is 2.35. The number of benzene rings is 2. The van der Waals surface area contributed by atoms with Gasteiger partial charge in [-0.1, -0.05) is 34.1 Å². The van der Waals surface area contributed by atoms with Crippen LogP contribution in [0.4, 0.5) is 11.4 Å². The lowest BCUT2D eigenvalue weighted by Crippen LogP contribution is -2.19.